The van der Waals surface area contributed by atoms with Crippen LogP contribution in [0.2, 0.25) is 0 Å². The average Bonchev–Trinajstić information content (AvgIpc) is 3.04. The predicted molar refractivity (Wildman–Crippen MR) is 139 cm³/mol. The molecule has 0 nitrogen and oxygen atoms in total. The molecule has 1 aliphatic carbocycles. The van der Waals surface area contributed by atoms with Gasteiger partial charge in [0.05, 0.1) is 5.41 Å². The zero-order valence-electron chi connectivity index (χ0n) is 17.3. The SMILES string of the molecule is Brc1ccc2c(c1)C1(c3ccccc3CSc3ccccc31)c1c-2ccc2ccccc12. The average molecular weight is 491 g/mol. The fourth-order valence-electron chi connectivity index (χ4n) is 5.87. The third-order valence-electron chi connectivity index (χ3n) is 7.08. The van der Waals surface area contributed by atoms with Crippen LogP contribution in [0.25, 0.3) is 21.9 Å². The van der Waals surface area contributed by atoms with Gasteiger partial charge in [0.1, 0.15) is 0 Å². The van der Waals surface area contributed by atoms with Gasteiger partial charge in [-0.15, -0.1) is 11.8 Å². The summed E-state index contributed by atoms with van der Waals surface area (Å²) in [6.45, 7) is 0. The molecule has 152 valence electrons. The van der Waals surface area contributed by atoms with Gasteiger partial charge in [-0.1, -0.05) is 101 Å². The Balaban J connectivity index is 1.79. The van der Waals surface area contributed by atoms with Crippen molar-refractivity contribution in [3.8, 4) is 11.1 Å². The maximum atomic E-state index is 3.80. The van der Waals surface area contributed by atoms with E-state index in [0.29, 0.717) is 0 Å². The molecule has 0 amide bonds. The van der Waals surface area contributed by atoms with E-state index in [1.807, 2.05) is 11.8 Å². The largest absolute Gasteiger partial charge is 0.121 e. The molecule has 2 aliphatic rings. The zero-order valence-corrected chi connectivity index (χ0v) is 19.7. The zero-order chi connectivity index (χ0) is 21.3. The molecule has 2 heteroatoms. The highest BCUT2D eigenvalue weighted by molar-refractivity contribution is 9.10. The molecule has 0 radical (unpaired) electrons. The molecule has 0 bridgehead atoms. The minimum atomic E-state index is -0.341. The summed E-state index contributed by atoms with van der Waals surface area (Å²) in [7, 11) is 0. The molecular formula is C30H19BrS. The van der Waals surface area contributed by atoms with Crippen LogP contribution in [0.15, 0.2) is 112 Å². The molecule has 0 fully saturated rings. The van der Waals surface area contributed by atoms with Gasteiger partial charge in [-0.05, 0) is 67.9 Å². The lowest BCUT2D eigenvalue weighted by Gasteiger charge is -2.35. The molecular weight excluding hydrogens is 472 g/mol. The number of hydrogen-bond donors (Lipinski definition) is 0. The molecule has 1 unspecified atom stereocenters. The van der Waals surface area contributed by atoms with E-state index in [4.69, 9.17) is 0 Å². The third kappa shape index (κ3) is 2.34. The number of fused-ring (bicyclic) bond motifs is 11. The van der Waals surface area contributed by atoms with Crippen LogP contribution in [-0.4, -0.2) is 0 Å². The lowest BCUT2D eigenvalue weighted by molar-refractivity contribution is 0.752. The van der Waals surface area contributed by atoms with Crippen molar-refractivity contribution in [3.05, 3.63) is 135 Å². The first-order chi connectivity index (χ1) is 15.8. The number of hydrogen-bond acceptors (Lipinski definition) is 1. The van der Waals surface area contributed by atoms with Crippen LogP contribution in [0, 0.1) is 0 Å². The number of rotatable bonds is 0. The first kappa shape index (κ1) is 18.7. The van der Waals surface area contributed by atoms with E-state index in [9.17, 15) is 0 Å². The van der Waals surface area contributed by atoms with E-state index in [2.05, 4.69) is 119 Å². The van der Waals surface area contributed by atoms with Gasteiger partial charge >= 0.3 is 0 Å². The molecule has 1 atom stereocenters. The molecule has 0 N–H and O–H groups in total. The van der Waals surface area contributed by atoms with Crippen LogP contribution in [0.1, 0.15) is 27.8 Å². The van der Waals surface area contributed by atoms with Crippen molar-refractivity contribution >= 4 is 38.5 Å². The molecule has 5 aromatic carbocycles. The van der Waals surface area contributed by atoms with Gasteiger partial charge < -0.3 is 0 Å². The van der Waals surface area contributed by atoms with Gasteiger partial charge in [0.2, 0.25) is 0 Å². The van der Waals surface area contributed by atoms with E-state index < -0.39 is 0 Å². The Hall–Kier alpha value is -2.81. The van der Waals surface area contributed by atoms with Gasteiger partial charge in [-0.25, -0.2) is 0 Å². The summed E-state index contributed by atoms with van der Waals surface area (Å²) in [6.07, 6.45) is 0. The van der Waals surface area contributed by atoms with Gasteiger partial charge in [-0.2, -0.15) is 0 Å². The Morgan fingerprint density at radius 1 is 0.656 bits per heavy atom. The Labute approximate surface area is 200 Å². The van der Waals surface area contributed by atoms with Crippen molar-refractivity contribution < 1.29 is 0 Å². The van der Waals surface area contributed by atoms with Crippen molar-refractivity contribution in [2.24, 2.45) is 0 Å². The van der Waals surface area contributed by atoms with Crippen LogP contribution in [0.4, 0.5) is 0 Å². The topological polar surface area (TPSA) is 0 Å². The van der Waals surface area contributed by atoms with Crippen molar-refractivity contribution in [1.29, 1.82) is 0 Å². The molecule has 0 aromatic heterocycles. The van der Waals surface area contributed by atoms with Gasteiger partial charge in [-0.3, -0.25) is 0 Å². The van der Waals surface area contributed by atoms with E-state index in [1.165, 1.54) is 54.6 Å². The highest BCUT2D eigenvalue weighted by Gasteiger charge is 2.50. The maximum Gasteiger partial charge on any atom is 0.0733 e. The fraction of sp³-hybridized carbons (Fsp3) is 0.0667. The maximum absolute atomic E-state index is 3.80. The highest BCUT2D eigenvalue weighted by atomic mass is 79.9. The first-order valence-corrected chi connectivity index (χ1v) is 12.7. The smallest absolute Gasteiger partial charge is 0.0733 e. The molecule has 7 rings (SSSR count). The second kappa shape index (κ2) is 6.84. The van der Waals surface area contributed by atoms with Crippen LogP contribution in [-0.2, 0) is 11.2 Å². The lowest BCUT2D eigenvalue weighted by Crippen LogP contribution is -2.30. The van der Waals surface area contributed by atoms with Crippen LogP contribution in [0.3, 0.4) is 0 Å². The Morgan fingerprint density at radius 3 is 2.34 bits per heavy atom. The summed E-state index contributed by atoms with van der Waals surface area (Å²) >= 11 is 5.76. The molecule has 32 heavy (non-hydrogen) atoms. The van der Waals surface area contributed by atoms with E-state index in [-0.39, 0.29) is 5.41 Å². The predicted octanol–water partition coefficient (Wildman–Crippen LogP) is 8.57. The molecule has 1 heterocycles. The summed E-state index contributed by atoms with van der Waals surface area (Å²) in [5, 5.41) is 2.64. The molecule has 0 saturated heterocycles. The molecule has 0 saturated carbocycles. The molecule has 1 aliphatic heterocycles. The lowest BCUT2D eigenvalue weighted by atomic mass is 9.65. The summed E-state index contributed by atoms with van der Waals surface area (Å²) in [5.74, 6) is 0.984. The minimum absolute atomic E-state index is 0.341. The van der Waals surface area contributed by atoms with Crippen molar-refractivity contribution in [3.63, 3.8) is 0 Å². The summed E-state index contributed by atoms with van der Waals surface area (Å²) in [4.78, 5) is 1.37. The third-order valence-corrected chi connectivity index (χ3v) is 8.69. The second-order valence-electron chi connectivity index (χ2n) is 8.59. The standard InChI is InChI=1S/C30H19BrS/c31-21-14-16-23-24-15-13-19-7-1-3-9-22(19)29(24)30(27(23)17-21)25-10-4-2-8-20(25)18-32-28-12-6-5-11-26(28)30/h1-17H,18H2. The Bertz CT molecular complexity index is 1500. The summed E-state index contributed by atoms with van der Waals surface area (Å²) < 4.78 is 1.12. The number of benzene rings is 5. The summed E-state index contributed by atoms with van der Waals surface area (Å²) in [5.41, 5.74) is 9.36. The second-order valence-corrected chi connectivity index (χ2v) is 10.5. The highest BCUT2D eigenvalue weighted by Crippen LogP contribution is 2.61. The normalized spacial score (nSPS) is 18.0. The Kier molecular flexibility index (Phi) is 4.01. The fourth-order valence-corrected chi connectivity index (χ4v) is 7.35. The number of thioether (sulfide) groups is 1. The van der Waals surface area contributed by atoms with Crippen molar-refractivity contribution in [2.75, 3.05) is 0 Å². The van der Waals surface area contributed by atoms with E-state index >= 15 is 0 Å². The quantitative estimate of drug-likeness (QED) is 0.205. The van der Waals surface area contributed by atoms with Gasteiger partial charge in [0, 0.05) is 15.1 Å². The summed E-state index contributed by atoms with van der Waals surface area (Å²) in [6, 6.07) is 38.4. The molecule has 5 aromatic rings. The van der Waals surface area contributed by atoms with Crippen molar-refractivity contribution in [2.45, 2.75) is 16.1 Å². The van der Waals surface area contributed by atoms with Gasteiger partial charge in [0.25, 0.3) is 0 Å². The van der Waals surface area contributed by atoms with Crippen LogP contribution >= 0.6 is 27.7 Å². The van der Waals surface area contributed by atoms with E-state index in [1.54, 1.807) is 0 Å². The minimum Gasteiger partial charge on any atom is -0.121 e. The monoisotopic (exact) mass is 490 g/mol. The number of halogens is 1. The Morgan fingerprint density at radius 2 is 1.41 bits per heavy atom. The van der Waals surface area contributed by atoms with E-state index in [0.717, 1.165) is 10.2 Å². The van der Waals surface area contributed by atoms with Crippen LogP contribution in [0.5, 0.6) is 0 Å². The first-order valence-electron chi connectivity index (χ1n) is 10.9. The van der Waals surface area contributed by atoms with Gasteiger partial charge in [0.15, 0.2) is 0 Å². The molecule has 1 spiro atoms. The van der Waals surface area contributed by atoms with Crippen molar-refractivity contribution in [1.82, 2.24) is 0 Å². The van der Waals surface area contributed by atoms with Crippen LogP contribution < -0.4 is 0 Å².